The van der Waals surface area contributed by atoms with E-state index in [9.17, 15) is 0 Å². The molecule has 0 amide bonds. The van der Waals surface area contributed by atoms with Gasteiger partial charge in [-0.05, 0) is 43.8 Å². The van der Waals surface area contributed by atoms with Crippen LogP contribution < -0.4 is 0 Å². The highest BCUT2D eigenvalue weighted by Crippen LogP contribution is 2.39. The summed E-state index contributed by atoms with van der Waals surface area (Å²) in [6.07, 6.45) is 0. The van der Waals surface area contributed by atoms with Crippen molar-refractivity contribution in [3.8, 4) is 22.3 Å². The highest BCUT2D eigenvalue weighted by atomic mass is 14.1. The first kappa shape index (κ1) is 14.9. The lowest BCUT2D eigenvalue weighted by molar-refractivity contribution is 1.64. The van der Waals surface area contributed by atoms with Crippen LogP contribution in [0.15, 0.2) is 109 Å². The zero-order valence-corrected chi connectivity index (χ0v) is 14.4. The Morgan fingerprint density at radius 1 is 0.308 bits per heavy atom. The van der Waals surface area contributed by atoms with Gasteiger partial charge in [0, 0.05) is 0 Å². The summed E-state index contributed by atoms with van der Waals surface area (Å²) in [5, 5.41) is 5.22. The van der Waals surface area contributed by atoms with Crippen molar-refractivity contribution in [2.75, 3.05) is 0 Å². The monoisotopic (exact) mass is 330 g/mol. The van der Waals surface area contributed by atoms with Crippen LogP contribution in [0.1, 0.15) is 0 Å². The Kier molecular flexibility index (Phi) is 3.54. The van der Waals surface area contributed by atoms with E-state index in [0.717, 1.165) is 0 Å². The minimum atomic E-state index is 1.26. The SMILES string of the molecule is c1ccc(-c2cccc3ccc4cccc(-c5ccccc5)c4c23)cc1. The van der Waals surface area contributed by atoms with Crippen LogP contribution >= 0.6 is 0 Å². The van der Waals surface area contributed by atoms with E-state index < -0.39 is 0 Å². The molecule has 0 spiro atoms. The molecule has 0 radical (unpaired) electrons. The third-order valence-electron chi connectivity index (χ3n) is 5.06. The van der Waals surface area contributed by atoms with Crippen LogP contribution in [0.5, 0.6) is 0 Å². The standard InChI is InChI=1S/C26H18/c1-3-9-19(10-4-1)23-15-7-13-21-17-18-22-14-8-16-24(26(22)25(21)23)20-11-5-2-6-12-20/h1-18H. The zero-order chi connectivity index (χ0) is 17.3. The largest absolute Gasteiger partial charge is 0.0622 e. The Morgan fingerprint density at radius 2 is 0.731 bits per heavy atom. The zero-order valence-electron chi connectivity index (χ0n) is 14.4. The smallest absolute Gasteiger partial charge is 0.00206 e. The first-order chi connectivity index (χ1) is 12.9. The Hall–Kier alpha value is -3.38. The maximum Gasteiger partial charge on any atom is -0.00206 e. The molecule has 0 atom stereocenters. The molecule has 0 N–H and O–H groups in total. The van der Waals surface area contributed by atoms with Gasteiger partial charge in [-0.2, -0.15) is 0 Å². The average molecular weight is 330 g/mol. The van der Waals surface area contributed by atoms with Gasteiger partial charge in [-0.25, -0.2) is 0 Å². The predicted octanol–water partition coefficient (Wildman–Crippen LogP) is 7.33. The van der Waals surface area contributed by atoms with E-state index in [0.29, 0.717) is 0 Å². The molecular weight excluding hydrogens is 312 g/mol. The first-order valence-corrected chi connectivity index (χ1v) is 8.97. The van der Waals surface area contributed by atoms with Gasteiger partial charge in [0.1, 0.15) is 0 Å². The van der Waals surface area contributed by atoms with Gasteiger partial charge in [0.05, 0.1) is 0 Å². The van der Waals surface area contributed by atoms with Crippen molar-refractivity contribution in [2.24, 2.45) is 0 Å². The normalized spacial score (nSPS) is 11.1. The third kappa shape index (κ3) is 2.39. The molecule has 0 nitrogen and oxygen atoms in total. The molecule has 5 rings (SSSR count). The lowest BCUT2D eigenvalue weighted by Gasteiger charge is -2.14. The quantitative estimate of drug-likeness (QED) is 0.297. The van der Waals surface area contributed by atoms with E-state index >= 15 is 0 Å². The fourth-order valence-corrected chi connectivity index (χ4v) is 3.87. The molecule has 0 saturated carbocycles. The summed E-state index contributed by atoms with van der Waals surface area (Å²) in [6.45, 7) is 0. The van der Waals surface area contributed by atoms with E-state index in [4.69, 9.17) is 0 Å². The molecular formula is C26H18. The fraction of sp³-hybridized carbons (Fsp3) is 0. The van der Waals surface area contributed by atoms with E-state index in [2.05, 4.69) is 109 Å². The molecule has 0 heterocycles. The predicted molar refractivity (Wildman–Crippen MR) is 112 cm³/mol. The molecule has 0 unspecified atom stereocenters. The minimum absolute atomic E-state index is 1.26. The van der Waals surface area contributed by atoms with E-state index in [1.165, 1.54) is 43.8 Å². The summed E-state index contributed by atoms with van der Waals surface area (Å²) >= 11 is 0. The van der Waals surface area contributed by atoms with Gasteiger partial charge in [-0.3, -0.25) is 0 Å². The van der Waals surface area contributed by atoms with Gasteiger partial charge in [-0.15, -0.1) is 0 Å². The molecule has 26 heavy (non-hydrogen) atoms. The van der Waals surface area contributed by atoms with Crippen molar-refractivity contribution in [3.63, 3.8) is 0 Å². The topological polar surface area (TPSA) is 0 Å². The Morgan fingerprint density at radius 3 is 1.15 bits per heavy atom. The molecule has 0 aliphatic carbocycles. The number of hydrogen-bond acceptors (Lipinski definition) is 0. The average Bonchev–Trinajstić information content (AvgIpc) is 2.74. The molecule has 0 saturated heterocycles. The van der Waals surface area contributed by atoms with Crippen LogP contribution in [-0.4, -0.2) is 0 Å². The van der Waals surface area contributed by atoms with Crippen molar-refractivity contribution in [2.45, 2.75) is 0 Å². The molecule has 0 bridgehead atoms. The number of rotatable bonds is 2. The molecule has 0 aromatic heterocycles. The van der Waals surface area contributed by atoms with Crippen LogP contribution in [0.4, 0.5) is 0 Å². The summed E-state index contributed by atoms with van der Waals surface area (Å²) in [6, 6.07) is 39.0. The van der Waals surface area contributed by atoms with Crippen molar-refractivity contribution < 1.29 is 0 Å². The second kappa shape index (κ2) is 6.16. The molecule has 5 aromatic rings. The van der Waals surface area contributed by atoms with Crippen molar-refractivity contribution in [1.29, 1.82) is 0 Å². The van der Waals surface area contributed by atoms with E-state index in [-0.39, 0.29) is 0 Å². The summed E-state index contributed by atoms with van der Waals surface area (Å²) in [5.41, 5.74) is 5.09. The maximum atomic E-state index is 2.24. The summed E-state index contributed by atoms with van der Waals surface area (Å²) in [5.74, 6) is 0. The van der Waals surface area contributed by atoms with Gasteiger partial charge < -0.3 is 0 Å². The minimum Gasteiger partial charge on any atom is -0.0622 e. The number of fused-ring (bicyclic) bond motifs is 3. The van der Waals surface area contributed by atoms with Crippen molar-refractivity contribution in [3.05, 3.63) is 109 Å². The fourth-order valence-electron chi connectivity index (χ4n) is 3.87. The number of hydrogen-bond donors (Lipinski definition) is 0. The van der Waals surface area contributed by atoms with Crippen LogP contribution in [0.2, 0.25) is 0 Å². The van der Waals surface area contributed by atoms with Gasteiger partial charge in [0.25, 0.3) is 0 Å². The number of benzene rings is 5. The molecule has 0 fully saturated rings. The second-order valence-corrected chi connectivity index (χ2v) is 6.60. The Labute approximate surface area is 153 Å². The van der Waals surface area contributed by atoms with Crippen molar-refractivity contribution in [1.82, 2.24) is 0 Å². The van der Waals surface area contributed by atoms with Crippen LogP contribution in [0.25, 0.3) is 43.8 Å². The highest BCUT2D eigenvalue weighted by Gasteiger charge is 2.11. The summed E-state index contributed by atoms with van der Waals surface area (Å²) < 4.78 is 0. The Bertz CT molecular complexity index is 1100. The van der Waals surface area contributed by atoms with Gasteiger partial charge in [0.15, 0.2) is 0 Å². The lowest BCUT2D eigenvalue weighted by Crippen LogP contribution is -1.87. The second-order valence-electron chi connectivity index (χ2n) is 6.60. The van der Waals surface area contributed by atoms with Gasteiger partial charge in [-0.1, -0.05) is 109 Å². The Balaban J connectivity index is 1.96. The maximum absolute atomic E-state index is 2.24. The highest BCUT2D eigenvalue weighted by molar-refractivity contribution is 6.19. The molecule has 5 aromatic carbocycles. The first-order valence-electron chi connectivity index (χ1n) is 8.97. The summed E-state index contributed by atoms with van der Waals surface area (Å²) in [4.78, 5) is 0. The van der Waals surface area contributed by atoms with Gasteiger partial charge in [0.2, 0.25) is 0 Å². The van der Waals surface area contributed by atoms with Crippen molar-refractivity contribution >= 4 is 21.5 Å². The van der Waals surface area contributed by atoms with Crippen LogP contribution in [0, 0.1) is 0 Å². The van der Waals surface area contributed by atoms with Crippen LogP contribution in [-0.2, 0) is 0 Å². The van der Waals surface area contributed by atoms with E-state index in [1.54, 1.807) is 0 Å². The lowest BCUT2D eigenvalue weighted by atomic mass is 9.89. The molecule has 122 valence electrons. The summed E-state index contributed by atoms with van der Waals surface area (Å²) in [7, 11) is 0. The molecule has 0 aliphatic heterocycles. The van der Waals surface area contributed by atoms with E-state index in [1.807, 2.05) is 0 Å². The third-order valence-corrected chi connectivity index (χ3v) is 5.06. The molecule has 0 heteroatoms. The van der Waals surface area contributed by atoms with Gasteiger partial charge >= 0.3 is 0 Å². The van der Waals surface area contributed by atoms with Crippen LogP contribution in [0.3, 0.4) is 0 Å². The molecule has 0 aliphatic rings.